The van der Waals surface area contributed by atoms with Crippen molar-refractivity contribution in [3.05, 3.63) is 46.7 Å². The van der Waals surface area contributed by atoms with Crippen molar-refractivity contribution in [3.8, 4) is 5.69 Å². The SMILES string of the molecule is Cc1c(F)cccc1-n1cc[nH]c1=S. The molecule has 0 atom stereocenters. The molecular formula is C10H9FN2S. The van der Waals surface area contributed by atoms with Crippen molar-refractivity contribution in [1.29, 1.82) is 0 Å². The molecule has 1 heterocycles. The van der Waals surface area contributed by atoms with Crippen molar-refractivity contribution in [2.75, 3.05) is 0 Å². The van der Waals surface area contributed by atoms with E-state index >= 15 is 0 Å². The number of hydrogen-bond acceptors (Lipinski definition) is 1. The van der Waals surface area contributed by atoms with Gasteiger partial charge in [-0.15, -0.1) is 0 Å². The molecule has 0 saturated heterocycles. The summed E-state index contributed by atoms with van der Waals surface area (Å²) in [5.41, 5.74) is 1.37. The molecule has 0 bridgehead atoms. The summed E-state index contributed by atoms with van der Waals surface area (Å²) in [4.78, 5) is 2.87. The van der Waals surface area contributed by atoms with Gasteiger partial charge in [0.2, 0.25) is 0 Å². The van der Waals surface area contributed by atoms with E-state index in [0.717, 1.165) is 5.69 Å². The fourth-order valence-electron chi connectivity index (χ4n) is 1.37. The van der Waals surface area contributed by atoms with Gasteiger partial charge in [-0.3, -0.25) is 4.57 Å². The molecule has 0 radical (unpaired) electrons. The number of nitrogens with one attached hydrogen (secondary N) is 1. The highest BCUT2D eigenvalue weighted by Crippen LogP contribution is 2.16. The van der Waals surface area contributed by atoms with Crippen molar-refractivity contribution in [2.24, 2.45) is 0 Å². The molecule has 0 spiro atoms. The van der Waals surface area contributed by atoms with Gasteiger partial charge in [0.05, 0.1) is 5.69 Å². The minimum Gasteiger partial charge on any atom is -0.337 e. The predicted molar refractivity (Wildman–Crippen MR) is 55.6 cm³/mol. The quantitative estimate of drug-likeness (QED) is 0.714. The van der Waals surface area contributed by atoms with E-state index in [-0.39, 0.29) is 5.82 Å². The first kappa shape index (κ1) is 9.15. The Balaban J connectivity index is 2.69. The standard InChI is InChI=1S/C10H9FN2S/c1-7-8(11)3-2-4-9(7)13-6-5-12-10(13)14/h2-6H,1H3,(H,12,14). The number of imidazole rings is 1. The van der Waals surface area contributed by atoms with E-state index in [9.17, 15) is 4.39 Å². The highest BCUT2D eigenvalue weighted by atomic mass is 32.1. The second-order valence-electron chi connectivity index (χ2n) is 3.02. The molecule has 1 aromatic carbocycles. The van der Waals surface area contributed by atoms with Gasteiger partial charge in [-0.1, -0.05) is 6.07 Å². The van der Waals surface area contributed by atoms with Gasteiger partial charge >= 0.3 is 0 Å². The smallest absolute Gasteiger partial charge is 0.181 e. The van der Waals surface area contributed by atoms with Crippen LogP contribution in [0.4, 0.5) is 4.39 Å². The van der Waals surface area contributed by atoms with Gasteiger partial charge in [0.25, 0.3) is 0 Å². The number of benzene rings is 1. The van der Waals surface area contributed by atoms with E-state index in [1.165, 1.54) is 6.07 Å². The molecule has 2 aromatic rings. The second-order valence-corrected chi connectivity index (χ2v) is 3.41. The minimum atomic E-state index is -0.217. The first-order valence-electron chi connectivity index (χ1n) is 4.21. The first-order chi connectivity index (χ1) is 6.70. The topological polar surface area (TPSA) is 20.7 Å². The Labute approximate surface area is 86.0 Å². The van der Waals surface area contributed by atoms with E-state index in [1.807, 2.05) is 6.07 Å². The van der Waals surface area contributed by atoms with Crippen molar-refractivity contribution < 1.29 is 4.39 Å². The van der Waals surface area contributed by atoms with Crippen LogP contribution >= 0.6 is 12.2 Å². The lowest BCUT2D eigenvalue weighted by Crippen LogP contribution is -1.97. The summed E-state index contributed by atoms with van der Waals surface area (Å²) in [6.07, 6.45) is 3.51. The summed E-state index contributed by atoms with van der Waals surface area (Å²) in [7, 11) is 0. The van der Waals surface area contributed by atoms with Gasteiger partial charge in [-0.2, -0.15) is 0 Å². The zero-order chi connectivity index (χ0) is 10.1. The Morgan fingerprint density at radius 1 is 1.43 bits per heavy atom. The van der Waals surface area contributed by atoms with Gasteiger partial charge in [-0.05, 0) is 31.3 Å². The Morgan fingerprint density at radius 3 is 2.86 bits per heavy atom. The van der Waals surface area contributed by atoms with Gasteiger partial charge in [0.15, 0.2) is 4.77 Å². The van der Waals surface area contributed by atoms with Crippen LogP contribution in [0.3, 0.4) is 0 Å². The highest BCUT2D eigenvalue weighted by Gasteiger charge is 2.05. The number of rotatable bonds is 1. The average molecular weight is 208 g/mol. The number of aromatic nitrogens is 2. The molecule has 14 heavy (non-hydrogen) atoms. The number of halogens is 1. The summed E-state index contributed by atoms with van der Waals surface area (Å²) in [6, 6.07) is 4.95. The molecule has 1 N–H and O–H groups in total. The molecule has 72 valence electrons. The second kappa shape index (κ2) is 3.38. The lowest BCUT2D eigenvalue weighted by Gasteiger charge is -2.06. The Bertz CT molecular complexity index is 513. The Hall–Kier alpha value is -1.42. The predicted octanol–water partition coefficient (Wildman–Crippen LogP) is 2.98. The van der Waals surface area contributed by atoms with Crippen LogP contribution < -0.4 is 0 Å². The Kier molecular flexibility index (Phi) is 2.21. The number of H-pyrrole nitrogens is 1. The third-order valence-corrected chi connectivity index (χ3v) is 2.46. The largest absolute Gasteiger partial charge is 0.337 e. The van der Waals surface area contributed by atoms with E-state index in [4.69, 9.17) is 12.2 Å². The summed E-state index contributed by atoms with van der Waals surface area (Å²) < 4.78 is 15.6. The van der Waals surface area contributed by atoms with Crippen LogP contribution in [0, 0.1) is 17.5 Å². The molecule has 0 aliphatic rings. The molecule has 0 amide bonds. The highest BCUT2D eigenvalue weighted by molar-refractivity contribution is 7.71. The van der Waals surface area contributed by atoms with Gasteiger partial charge in [-0.25, -0.2) is 4.39 Å². The van der Waals surface area contributed by atoms with Crippen LogP contribution in [0.15, 0.2) is 30.6 Å². The normalized spacial score (nSPS) is 10.4. The summed E-state index contributed by atoms with van der Waals surface area (Å²) in [5, 5.41) is 0. The monoisotopic (exact) mass is 208 g/mol. The van der Waals surface area contributed by atoms with Crippen LogP contribution in [0.25, 0.3) is 5.69 Å². The molecule has 2 nitrogen and oxygen atoms in total. The van der Waals surface area contributed by atoms with E-state index in [2.05, 4.69) is 4.98 Å². The lowest BCUT2D eigenvalue weighted by molar-refractivity contribution is 0.616. The third-order valence-electron chi connectivity index (χ3n) is 2.15. The van der Waals surface area contributed by atoms with E-state index in [0.29, 0.717) is 10.3 Å². The van der Waals surface area contributed by atoms with Crippen molar-refractivity contribution in [1.82, 2.24) is 9.55 Å². The molecule has 0 saturated carbocycles. The third kappa shape index (κ3) is 1.37. The zero-order valence-electron chi connectivity index (χ0n) is 7.62. The number of aromatic amines is 1. The fourth-order valence-corrected chi connectivity index (χ4v) is 1.59. The molecule has 0 unspecified atom stereocenters. The molecule has 0 fully saturated rings. The van der Waals surface area contributed by atoms with Crippen molar-refractivity contribution in [3.63, 3.8) is 0 Å². The molecular weight excluding hydrogens is 199 g/mol. The zero-order valence-corrected chi connectivity index (χ0v) is 8.44. The van der Waals surface area contributed by atoms with Crippen LogP contribution in [0.2, 0.25) is 0 Å². The van der Waals surface area contributed by atoms with Crippen LogP contribution in [-0.4, -0.2) is 9.55 Å². The molecule has 1 aromatic heterocycles. The van der Waals surface area contributed by atoms with Crippen molar-refractivity contribution >= 4 is 12.2 Å². The minimum absolute atomic E-state index is 0.217. The fraction of sp³-hybridized carbons (Fsp3) is 0.100. The maximum Gasteiger partial charge on any atom is 0.181 e. The molecule has 2 rings (SSSR count). The average Bonchev–Trinajstić information content (AvgIpc) is 2.57. The maximum absolute atomic E-state index is 13.2. The molecule has 0 aliphatic carbocycles. The van der Waals surface area contributed by atoms with Gasteiger partial charge in [0, 0.05) is 18.0 Å². The number of nitrogens with zero attached hydrogens (tertiary/aromatic N) is 1. The van der Waals surface area contributed by atoms with Crippen molar-refractivity contribution in [2.45, 2.75) is 6.92 Å². The number of hydrogen-bond donors (Lipinski definition) is 1. The summed E-state index contributed by atoms with van der Waals surface area (Å²) in [5.74, 6) is -0.217. The van der Waals surface area contributed by atoms with Crippen LogP contribution in [0.5, 0.6) is 0 Å². The summed E-state index contributed by atoms with van der Waals surface area (Å²) >= 11 is 5.06. The van der Waals surface area contributed by atoms with Gasteiger partial charge in [0.1, 0.15) is 5.82 Å². The van der Waals surface area contributed by atoms with Gasteiger partial charge < -0.3 is 4.98 Å². The molecule has 4 heteroatoms. The van der Waals surface area contributed by atoms with E-state index < -0.39 is 0 Å². The maximum atomic E-state index is 13.2. The van der Waals surface area contributed by atoms with Crippen LogP contribution in [0.1, 0.15) is 5.56 Å². The first-order valence-corrected chi connectivity index (χ1v) is 4.62. The van der Waals surface area contributed by atoms with E-state index in [1.54, 1.807) is 30.0 Å². The Morgan fingerprint density at radius 2 is 2.21 bits per heavy atom. The lowest BCUT2D eigenvalue weighted by atomic mass is 10.2. The van der Waals surface area contributed by atoms with Crippen LogP contribution in [-0.2, 0) is 0 Å². The summed E-state index contributed by atoms with van der Waals surface area (Å²) in [6.45, 7) is 1.74. The molecule has 0 aliphatic heterocycles.